The van der Waals surface area contributed by atoms with E-state index in [1.165, 1.54) is 10.2 Å². The second-order valence-electron chi connectivity index (χ2n) is 7.82. The molecule has 4 rings (SSSR count). The highest BCUT2D eigenvalue weighted by molar-refractivity contribution is 6.33. The van der Waals surface area contributed by atoms with Crippen LogP contribution in [0, 0.1) is 6.92 Å². The van der Waals surface area contributed by atoms with E-state index in [2.05, 4.69) is 5.10 Å². The third-order valence-electron chi connectivity index (χ3n) is 5.59. The number of anilines is 1. The van der Waals surface area contributed by atoms with Crippen LogP contribution in [-0.2, 0) is 17.8 Å². The van der Waals surface area contributed by atoms with Gasteiger partial charge in [-0.05, 0) is 18.1 Å². The molecule has 1 aliphatic rings. The molecule has 6 nitrogen and oxygen atoms in total. The summed E-state index contributed by atoms with van der Waals surface area (Å²) < 4.78 is 1.38. The van der Waals surface area contributed by atoms with Crippen molar-refractivity contribution in [2.45, 2.75) is 19.9 Å². The molecule has 2 aromatic carbocycles. The first-order valence-corrected chi connectivity index (χ1v) is 10.8. The minimum atomic E-state index is -0.305. The Morgan fingerprint density at radius 3 is 2.32 bits per heavy atom. The Morgan fingerprint density at radius 2 is 1.65 bits per heavy atom. The molecule has 0 atom stereocenters. The van der Waals surface area contributed by atoms with Gasteiger partial charge in [-0.15, -0.1) is 0 Å². The van der Waals surface area contributed by atoms with Crippen molar-refractivity contribution in [1.82, 2.24) is 14.7 Å². The number of nitrogens with zero attached hydrogens (tertiary/aromatic N) is 4. The monoisotopic (exact) mass is 436 g/mol. The topological polar surface area (TPSA) is 58.4 Å². The van der Waals surface area contributed by atoms with Crippen LogP contribution in [0.25, 0.3) is 0 Å². The largest absolute Gasteiger partial charge is 0.365 e. The Bertz CT molecular complexity index is 1100. The predicted octanol–water partition coefficient (Wildman–Crippen LogP) is 3.14. The Hall–Kier alpha value is -3.12. The lowest BCUT2D eigenvalue weighted by molar-refractivity contribution is -0.130. The molecule has 1 aliphatic heterocycles. The van der Waals surface area contributed by atoms with Gasteiger partial charge in [-0.2, -0.15) is 5.10 Å². The van der Waals surface area contributed by atoms with Gasteiger partial charge < -0.3 is 9.80 Å². The third-order valence-corrected chi connectivity index (χ3v) is 5.95. The summed E-state index contributed by atoms with van der Waals surface area (Å²) in [6.45, 7) is 4.82. The minimum Gasteiger partial charge on any atom is -0.365 e. The van der Waals surface area contributed by atoms with Crippen molar-refractivity contribution in [3.8, 4) is 0 Å². The van der Waals surface area contributed by atoms with E-state index < -0.39 is 0 Å². The molecule has 0 saturated carbocycles. The molecule has 1 fully saturated rings. The molecule has 0 aliphatic carbocycles. The maximum atomic E-state index is 12.7. The first-order chi connectivity index (χ1) is 15.0. The SMILES string of the molecule is Cc1ccc(CC(=O)N2CCN(c3cnn(Cc4ccccc4)c(=O)c3Cl)CC2)cc1. The van der Waals surface area contributed by atoms with E-state index in [0.717, 1.165) is 11.1 Å². The van der Waals surface area contributed by atoms with E-state index in [1.54, 1.807) is 6.20 Å². The normalized spacial score (nSPS) is 14.0. The zero-order valence-corrected chi connectivity index (χ0v) is 18.3. The van der Waals surface area contributed by atoms with Gasteiger partial charge >= 0.3 is 0 Å². The van der Waals surface area contributed by atoms with Crippen LogP contribution in [0.3, 0.4) is 0 Å². The van der Waals surface area contributed by atoms with E-state index in [0.29, 0.717) is 44.8 Å². The van der Waals surface area contributed by atoms with Gasteiger partial charge in [0.15, 0.2) is 0 Å². The first-order valence-electron chi connectivity index (χ1n) is 10.4. The van der Waals surface area contributed by atoms with Crippen LogP contribution in [0.15, 0.2) is 65.6 Å². The summed E-state index contributed by atoms with van der Waals surface area (Å²) in [5.41, 5.74) is 3.51. The molecule has 1 aromatic heterocycles. The highest BCUT2D eigenvalue weighted by Gasteiger charge is 2.24. The molecule has 1 amide bonds. The van der Waals surface area contributed by atoms with Crippen LogP contribution >= 0.6 is 11.6 Å². The van der Waals surface area contributed by atoms with Crippen molar-refractivity contribution in [3.05, 3.63) is 92.9 Å². The van der Waals surface area contributed by atoms with Gasteiger partial charge in [-0.25, -0.2) is 4.68 Å². The highest BCUT2D eigenvalue weighted by Crippen LogP contribution is 2.22. The van der Waals surface area contributed by atoms with Crippen molar-refractivity contribution >= 4 is 23.2 Å². The van der Waals surface area contributed by atoms with E-state index >= 15 is 0 Å². The lowest BCUT2D eigenvalue weighted by Crippen LogP contribution is -2.49. The fraction of sp³-hybridized carbons (Fsp3) is 0.292. The van der Waals surface area contributed by atoms with E-state index in [1.807, 2.05) is 71.3 Å². The Balaban J connectivity index is 1.39. The van der Waals surface area contributed by atoms with Crippen LogP contribution in [0.4, 0.5) is 5.69 Å². The molecule has 0 spiro atoms. The highest BCUT2D eigenvalue weighted by atomic mass is 35.5. The lowest BCUT2D eigenvalue weighted by Gasteiger charge is -2.36. The summed E-state index contributed by atoms with van der Waals surface area (Å²) in [5.74, 6) is 0.117. The second kappa shape index (κ2) is 9.35. The quantitative estimate of drug-likeness (QED) is 0.616. The number of amides is 1. The molecule has 2 heterocycles. The van der Waals surface area contributed by atoms with Crippen molar-refractivity contribution in [3.63, 3.8) is 0 Å². The molecule has 1 saturated heterocycles. The lowest BCUT2D eigenvalue weighted by atomic mass is 10.1. The number of aryl methyl sites for hydroxylation is 1. The summed E-state index contributed by atoms with van der Waals surface area (Å²) in [6.07, 6.45) is 2.05. The van der Waals surface area contributed by atoms with Crippen molar-refractivity contribution in [2.24, 2.45) is 0 Å². The number of halogens is 1. The van der Waals surface area contributed by atoms with E-state index in [9.17, 15) is 9.59 Å². The summed E-state index contributed by atoms with van der Waals surface area (Å²) in [6, 6.07) is 17.7. The van der Waals surface area contributed by atoms with Gasteiger partial charge in [-0.3, -0.25) is 9.59 Å². The number of piperazine rings is 1. The summed E-state index contributed by atoms with van der Waals surface area (Å²) in [5, 5.41) is 4.50. The molecule has 0 bridgehead atoms. The molecule has 0 radical (unpaired) electrons. The molecule has 0 N–H and O–H groups in total. The smallest absolute Gasteiger partial charge is 0.287 e. The van der Waals surface area contributed by atoms with Crippen LogP contribution < -0.4 is 10.5 Å². The minimum absolute atomic E-state index is 0.117. The molecule has 0 unspecified atom stereocenters. The number of hydrogen-bond donors (Lipinski definition) is 0. The Kier molecular flexibility index (Phi) is 6.37. The molecule has 3 aromatic rings. The zero-order valence-electron chi connectivity index (χ0n) is 17.5. The number of carbonyl (C=O) groups excluding carboxylic acids is 1. The third kappa shape index (κ3) is 4.97. The number of hydrogen-bond acceptors (Lipinski definition) is 4. The van der Waals surface area contributed by atoms with Gasteiger partial charge in [0.05, 0.1) is 24.8 Å². The summed E-state index contributed by atoms with van der Waals surface area (Å²) in [7, 11) is 0. The van der Waals surface area contributed by atoms with Crippen LogP contribution in [0.1, 0.15) is 16.7 Å². The maximum absolute atomic E-state index is 12.7. The van der Waals surface area contributed by atoms with Crippen molar-refractivity contribution in [2.75, 3.05) is 31.1 Å². The van der Waals surface area contributed by atoms with Crippen LogP contribution in [-0.4, -0.2) is 46.8 Å². The number of benzene rings is 2. The fourth-order valence-corrected chi connectivity index (χ4v) is 4.00. The van der Waals surface area contributed by atoms with E-state index in [-0.39, 0.29) is 16.5 Å². The van der Waals surface area contributed by atoms with Gasteiger partial charge in [-0.1, -0.05) is 71.8 Å². The molecular weight excluding hydrogens is 412 g/mol. The Morgan fingerprint density at radius 1 is 0.968 bits per heavy atom. The van der Waals surface area contributed by atoms with Crippen LogP contribution in [0.5, 0.6) is 0 Å². The average Bonchev–Trinajstić information content (AvgIpc) is 2.79. The van der Waals surface area contributed by atoms with Crippen LogP contribution in [0.2, 0.25) is 5.02 Å². The fourth-order valence-electron chi connectivity index (χ4n) is 3.73. The van der Waals surface area contributed by atoms with Gasteiger partial charge in [0, 0.05) is 26.2 Å². The molecule has 31 heavy (non-hydrogen) atoms. The second-order valence-corrected chi connectivity index (χ2v) is 8.20. The standard InChI is InChI=1S/C24H25ClN4O2/c1-18-7-9-19(10-8-18)15-22(30)28-13-11-27(12-14-28)21-16-26-29(24(31)23(21)25)17-20-5-3-2-4-6-20/h2-10,16H,11-15,17H2,1H3. The average molecular weight is 437 g/mol. The molecule has 160 valence electrons. The zero-order chi connectivity index (χ0) is 21.8. The maximum Gasteiger partial charge on any atom is 0.287 e. The number of carbonyl (C=O) groups is 1. The van der Waals surface area contributed by atoms with Gasteiger partial charge in [0.2, 0.25) is 5.91 Å². The van der Waals surface area contributed by atoms with Crippen molar-refractivity contribution < 1.29 is 4.79 Å². The predicted molar refractivity (Wildman–Crippen MR) is 123 cm³/mol. The van der Waals surface area contributed by atoms with E-state index in [4.69, 9.17) is 11.6 Å². The van der Waals surface area contributed by atoms with Crippen molar-refractivity contribution in [1.29, 1.82) is 0 Å². The number of rotatable bonds is 5. The number of aromatic nitrogens is 2. The summed E-state index contributed by atoms with van der Waals surface area (Å²) >= 11 is 6.42. The first kappa shape index (κ1) is 21.1. The molecular formula is C24H25ClN4O2. The summed E-state index contributed by atoms with van der Waals surface area (Å²) in [4.78, 5) is 29.3. The van der Waals surface area contributed by atoms with Gasteiger partial charge in [0.25, 0.3) is 5.56 Å². The molecule has 7 heteroatoms. The Labute approximate surface area is 186 Å². The van der Waals surface area contributed by atoms with Gasteiger partial charge in [0.1, 0.15) is 5.02 Å².